The number of para-hydroxylation sites is 1. The highest BCUT2D eigenvalue weighted by molar-refractivity contribution is 5.85. The summed E-state index contributed by atoms with van der Waals surface area (Å²) < 4.78 is 16.9. The predicted molar refractivity (Wildman–Crippen MR) is 83.3 cm³/mol. The summed E-state index contributed by atoms with van der Waals surface area (Å²) in [4.78, 5) is 0. The molecule has 0 spiro atoms. The van der Waals surface area contributed by atoms with E-state index in [0.29, 0.717) is 18.0 Å². The maximum absolute atomic E-state index is 6.10. The van der Waals surface area contributed by atoms with E-state index in [1.807, 2.05) is 48.5 Å². The summed E-state index contributed by atoms with van der Waals surface area (Å²) in [6.07, 6.45) is 0.658. The van der Waals surface area contributed by atoms with Crippen LogP contribution >= 0.6 is 12.4 Å². The van der Waals surface area contributed by atoms with Crippen molar-refractivity contribution in [3.05, 3.63) is 54.1 Å². The summed E-state index contributed by atoms with van der Waals surface area (Å²) in [6, 6.07) is 15.7. The fourth-order valence-electron chi connectivity index (χ4n) is 2.26. The molecule has 2 aromatic carbocycles. The van der Waals surface area contributed by atoms with Crippen LogP contribution in [0.15, 0.2) is 48.5 Å². The van der Waals surface area contributed by atoms with Gasteiger partial charge in [0.2, 0.25) is 12.5 Å². The summed E-state index contributed by atoms with van der Waals surface area (Å²) in [5.74, 6) is 2.09. The van der Waals surface area contributed by atoms with Crippen LogP contribution < -0.4 is 19.9 Å². The summed E-state index contributed by atoms with van der Waals surface area (Å²) in [5.41, 5.74) is 6.80. The molecule has 1 aliphatic rings. The van der Waals surface area contributed by atoms with Crippen LogP contribution in [0, 0.1) is 0 Å². The van der Waals surface area contributed by atoms with Crippen molar-refractivity contribution in [3.63, 3.8) is 0 Å². The highest BCUT2D eigenvalue weighted by Gasteiger charge is 2.21. The molecule has 0 saturated carbocycles. The first-order valence-electron chi connectivity index (χ1n) is 6.69. The Kier molecular flexibility index (Phi) is 5.31. The molecule has 2 N–H and O–H groups in total. The van der Waals surface area contributed by atoms with Crippen LogP contribution in [-0.4, -0.2) is 13.3 Å². The van der Waals surface area contributed by atoms with E-state index in [1.54, 1.807) is 0 Å². The molecule has 21 heavy (non-hydrogen) atoms. The Labute approximate surface area is 130 Å². The van der Waals surface area contributed by atoms with Crippen molar-refractivity contribution < 1.29 is 14.2 Å². The van der Waals surface area contributed by atoms with E-state index in [0.717, 1.165) is 17.7 Å². The zero-order valence-electron chi connectivity index (χ0n) is 11.5. The lowest BCUT2D eigenvalue weighted by molar-refractivity contribution is 0.158. The number of hydrogen-bond donors (Lipinski definition) is 1. The minimum atomic E-state index is -0.0862. The molecule has 0 bridgehead atoms. The van der Waals surface area contributed by atoms with Crippen LogP contribution in [0.25, 0.3) is 0 Å². The van der Waals surface area contributed by atoms with Gasteiger partial charge in [-0.05, 0) is 24.2 Å². The maximum Gasteiger partial charge on any atom is 0.231 e. The topological polar surface area (TPSA) is 53.7 Å². The number of fused-ring (bicyclic) bond motifs is 1. The molecular weight excluding hydrogens is 290 g/mol. The zero-order chi connectivity index (χ0) is 13.8. The summed E-state index contributed by atoms with van der Waals surface area (Å²) in [5, 5.41) is 0. The van der Waals surface area contributed by atoms with Gasteiger partial charge >= 0.3 is 0 Å². The first kappa shape index (κ1) is 15.5. The van der Waals surface area contributed by atoms with E-state index in [1.165, 1.54) is 0 Å². The number of benzene rings is 2. The summed E-state index contributed by atoms with van der Waals surface area (Å²) >= 11 is 0. The third-order valence-electron chi connectivity index (χ3n) is 3.23. The van der Waals surface area contributed by atoms with Crippen molar-refractivity contribution in [2.24, 2.45) is 5.73 Å². The van der Waals surface area contributed by atoms with Crippen molar-refractivity contribution in [1.82, 2.24) is 0 Å². The molecule has 0 radical (unpaired) electrons. The van der Waals surface area contributed by atoms with Crippen molar-refractivity contribution in [1.29, 1.82) is 0 Å². The van der Waals surface area contributed by atoms with Crippen molar-refractivity contribution >= 4 is 12.4 Å². The van der Waals surface area contributed by atoms with E-state index < -0.39 is 0 Å². The van der Waals surface area contributed by atoms with Gasteiger partial charge < -0.3 is 19.9 Å². The average molecular weight is 308 g/mol. The van der Waals surface area contributed by atoms with Crippen LogP contribution in [0.5, 0.6) is 17.2 Å². The first-order valence-corrected chi connectivity index (χ1v) is 6.69. The molecule has 4 nitrogen and oxygen atoms in total. The van der Waals surface area contributed by atoms with Crippen molar-refractivity contribution in [2.75, 3.05) is 13.3 Å². The van der Waals surface area contributed by atoms with Crippen LogP contribution in [0.4, 0.5) is 0 Å². The van der Waals surface area contributed by atoms with Gasteiger partial charge in [0.25, 0.3) is 0 Å². The highest BCUT2D eigenvalue weighted by atomic mass is 35.5. The second-order valence-corrected chi connectivity index (χ2v) is 4.58. The Balaban J connectivity index is 0.00000161. The number of rotatable bonds is 5. The van der Waals surface area contributed by atoms with Gasteiger partial charge in [-0.1, -0.05) is 36.4 Å². The number of hydrogen-bond acceptors (Lipinski definition) is 4. The zero-order valence-corrected chi connectivity index (χ0v) is 12.3. The molecule has 5 heteroatoms. The Bertz CT molecular complexity index is 577. The van der Waals surface area contributed by atoms with E-state index in [2.05, 4.69) is 0 Å². The quantitative estimate of drug-likeness (QED) is 0.921. The number of halogens is 1. The molecule has 112 valence electrons. The lowest BCUT2D eigenvalue weighted by atomic mass is 10.1. The van der Waals surface area contributed by atoms with Gasteiger partial charge in [-0.25, -0.2) is 0 Å². The van der Waals surface area contributed by atoms with Gasteiger partial charge in [-0.3, -0.25) is 0 Å². The Morgan fingerprint density at radius 2 is 1.86 bits per heavy atom. The average Bonchev–Trinajstić information content (AvgIpc) is 2.97. The second kappa shape index (κ2) is 7.20. The first-order chi connectivity index (χ1) is 9.88. The van der Waals surface area contributed by atoms with Gasteiger partial charge in [0, 0.05) is 6.42 Å². The van der Waals surface area contributed by atoms with Crippen LogP contribution in [0.1, 0.15) is 18.1 Å². The van der Waals surface area contributed by atoms with Crippen LogP contribution in [0.3, 0.4) is 0 Å². The Morgan fingerprint density at radius 3 is 2.62 bits per heavy atom. The molecule has 1 heterocycles. The molecule has 3 rings (SSSR count). The van der Waals surface area contributed by atoms with Gasteiger partial charge in [-0.15, -0.1) is 12.4 Å². The fourth-order valence-corrected chi connectivity index (χ4v) is 2.26. The van der Waals surface area contributed by atoms with Gasteiger partial charge in [0.1, 0.15) is 6.10 Å². The Hall–Kier alpha value is -1.91. The van der Waals surface area contributed by atoms with E-state index in [-0.39, 0.29) is 25.3 Å². The van der Waals surface area contributed by atoms with E-state index in [9.17, 15) is 0 Å². The fraction of sp³-hybridized carbons (Fsp3) is 0.250. The molecule has 2 aromatic rings. The summed E-state index contributed by atoms with van der Waals surface area (Å²) in [7, 11) is 0. The molecule has 1 atom stereocenters. The second-order valence-electron chi connectivity index (χ2n) is 4.58. The van der Waals surface area contributed by atoms with E-state index in [4.69, 9.17) is 19.9 Å². The van der Waals surface area contributed by atoms with Gasteiger partial charge in [0.15, 0.2) is 11.5 Å². The standard InChI is InChI=1S/C16H17NO3.ClH/c17-10-9-13(12-5-2-1-3-6-12)20-15-8-4-7-14-16(15)19-11-18-14;/h1-8,13H,9-11,17H2;1H. The minimum Gasteiger partial charge on any atom is -0.482 e. The normalized spacial score (nSPS) is 13.4. The van der Waals surface area contributed by atoms with E-state index >= 15 is 0 Å². The maximum atomic E-state index is 6.10. The lowest BCUT2D eigenvalue weighted by Crippen LogP contribution is -2.13. The molecule has 0 aromatic heterocycles. The van der Waals surface area contributed by atoms with Gasteiger partial charge in [-0.2, -0.15) is 0 Å². The Morgan fingerprint density at radius 1 is 1.05 bits per heavy atom. The smallest absolute Gasteiger partial charge is 0.231 e. The SMILES string of the molecule is Cl.NCCC(Oc1cccc2c1OCO2)c1ccccc1. The lowest BCUT2D eigenvalue weighted by Gasteiger charge is -2.19. The molecule has 0 saturated heterocycles. The number of ether oxygens (including phenoxy) is 3. The molecule has 1 aliphatic heterocycles. The molecule has 0 aliphatic carbocycles. The van der Waals surface area contributed by atoms with Crippen LogP contribution in [0.2, 0.25) is 0 Å². The highest BCUT2D eigenvalue weighted by Crippen LogP contribution is 2.42. The summed E-state index contributed by atoms with van der Waals surface area (Å²) in [6.45, 7) is 0.800. The third-order valence-corrected chi connectivity index (χ3v) is 3.23. The largest absolute Gasteiger partial charge is 0.482 e. The molecular formula is C16H18ClNO3. The molecule has 1 unspecified atom stereocenters. The number of nitrogens with two attached hydrogens (primary N) is 1. The van der Waals surface area contributed by atoms with Crippen LogP contribution in [-0.2, 0) is 0 Å². The monoisotopic (exact) mass is 307 g/mol. The predicted octanol–water partition coefficient (Wildman–Crippen LogP) is 3.31. The van der Waals surface area contributed by atoms with Gasteiger partial charge in [0.05, 0.1) is 0 Å². The molecule has 0 fully saturated rings. The van der Waals surface area contributed by atoms with Crippen molar-refractivity contribution in [3.8, 4) is 17.2 Å². The minimum absolute atomic E-state index is 0. The van der Waals surface area contributed by atoms with Crippen molar-refractivity contribution in [2.45, 2.75) is 12.5 Å². The molecule has 0 amide bonds. The third kappa shape index (κ3) is 3.40.